The molecule has 1 saturated heterocycles. The maximum Gasteiger partial charge on any atom is 0.292 e. The molecule has 6 heteroatoms. The minimum Gasteiger partial charge on any atom is -0.380 e. The highest BCUT2D eigenvalue weighted by Gasteiger charge is 2.16. The highest BCUT2D eigenvalue weighted by molar-refractivity contribution is 6.32. The van der Waals surface area contributed by atoms with Crippen LogP contribution in [-0.2, 0) is 4.74 Å². The monoisotopic (exact) mass is 305 g/mol. The first-order valence-electron chi connectivity index (χ1n) is 6.94. The largest absolute Gasteiger partial charge is 0.380 e. The maximum atomic E-state index is 12.3. The van der Waals surface area contributed by atoms with Crippen LogP contribution in [-0.4, -0.2) is 29.0 Å². The summed E-state index contributed by atoms with van der Waals surface area (Å²) in [6, 6.07) is 9.20. The van der Waals surface area contributed by atoms with Gasteiger partial charge in [-0.05, 0) is 25.0 Å². The lowest BCUT2D eigenvalue weighted by Gasteiger charge is -2.13. The van der Waals surface area contributed by atoms with E-state index in [1.54, 1.807) is 6.20 Å². The molecule has 21 heavy (non-hydrogen) atoms. The molecule has 1 fully saturated rings. The predicted molar refractivity (Wildman–Crippen MR) is 82.3 cm³/mol. The quantitative estimate of drug-likeness (QED) is 0.943. The molecule has 0 radical (unpaired) electrons. The second kappa shape index (κ2) is 6.28. The van der Waals surface area contributed by atoms with Crippen molar-refractivity contribution in [3.05, 3.63) is 51.9 Å². The first-order valence-corrected chi connectivity index (χ1v) is 7.32. The Balaban J connectivity index is 1.81. The molecule has 1 unspecified atom stereocenters. The Kier molecular flexibility index (Phi) is 4.22. The molecule has 1 N–H and O–H groups in total. The minimum atomic E-state index is -0.333. The normalized spacial score (nSPS) is 17.9. The average Bonchev–Trinajstić information content (AvgIpc) is 3.03. The summed E-state index contributed by atoms with van der Waals surface area (Å²) in [5, 5.41) is 7.46. The van der Waals surface area contributed by atoms with Gasteiger partial charge in [0, 0.05) is 13.2 Å². The van der Waals surface area contributed by atoms with Crippen LogP contribution in [0.25, 0.3) is 5.69 Å². The van der Waals surface area contributed by atoms with Gasteiger partial charge in [0.1, 0.15) is 5.02 Å². The molecule has 3 rings (SSSR count). The van der Waals surface area contributed by atoms with Gasteiger partial charge in [-0.25, -0.2) is 0 Å². The van der Waals surface area contributed by atoms with Crippen LogP contribution in [0.3, 0.4) is 0 Å². The van der Waals surface area contributed by atoms with E-state index in [0.717, 1.165) is 19.4 Å². The first kappa shape index (κ1) is 14.1. The number of hydrogen-bond donors (Lipinski definition) is 1. The molecule has 1 aliphatic heterocycles. The van der Waals surface area contributed by atoms with Crippen molar-refractivity contribution in [2.75, 3.05) is 18.5 Å². The van der Waals surface area contributed by atoms with Crippen molar-refractivity contribution in [1.82, 2.24) is 9.78 Å². The second-order valence-corrected chi connectivity index (χ2v) is 5.32. The fourth-order valence-electron chi connectivity index (χ4n) is 2.34. The topological polar surface area (TPSA) is 56.1 Å². The molecule has 0 amide bonds. The van der Waals surface area contributed by atoms with E-state index < -0.39 is 0 Å². The van der Waals surface area contributed by atoms with Gasteiger partial charge in [0.2, 0.25) is 0 Å². The highest BCUT2D eigenvalue weighted by atomic mass is 35.5. The smallest absolute Gasteiger partial charge is 0.292 e. The number of aromatic nitrogens is 2. The molecule has 0 aliphatic carbocycles. The molecular formula is C15H16ClN3O2. The molecule has 5 nitrogen and oxygen atoms in total. The standard InChI is InChI=1S/C15H16ClN3O2/c16-14-13(17-9-12-7-4-8-21-12)10-18-19(15(14)20)11-5-2-1-3-6-11/h1-3,5-6,10,12,17H,4,7-9H2. The summed E-state index contributed by atoms with van der Waals surface area (Å²) in [4.78, 5) is 12.3. The summed E-state index contributed by atoms with van der Waals surface area (Å²) in [5.74, 6) is 0. The van der Waals surface area contributed by atoms with Crippen molar-refractivity contribution < 1.29 is 4.74 Å². The van der Waals surface area contributed by atoms with Gasteiger partial charge in [-0.15, -0.1) is 0 Å². The summed E-state index contributed by atoms with van der Waals surface area (Å²) in [6.45, 7) is 1.43. The number of hydrogen-bond acceptors (Lipinski definition) is 4. The van der Waals surface area contributed by atoms with Crippen molar-refractivity contribution in [2.24, 2.45) is 0 Å². The van der Waals surface area contributed by atoms with Crippen LogP contribution in [0.4, 0.5) is 5.69 Å². The minimum absolute atomic E-state index is 0.145. The number of nitrogens with zero attached hydrogens (tertiary/aromatic N) is 2. The van der Waals surface area contributed by atoms with Gasteiger partial charge in [0.15, 0.2) is 0 Å². The fraction of sp³-hybridized carbons (Fsp3) is 0.333. The van der Waals surface area contributed by atoms with E-state index >= 15 is 0 Å². The van der Waals surface area contributed by atoms with E-state index in [1.165, 1.54) is 4.68 Å². The lowest BCUT2D eigenvalue weighted by atomic mass is 10.2. The number of ether oxygens (including phenoxy) is 1. The summed E-state index contributed by atoms with van der Waals surface area (Å²) in [6.07, 6.45) is 3.86. The lowest BCUT2D eigenvalue weighted by Crippen LogP contribution is -2.24. The zero-order valence-corrected chi connectivity index (χ0v) is 12.2. The van der Waals surface area contributed by atoms with Gasteiger partial charge in [-0.1, -0.05) is 29.8 Å². The Morgan fingerprint density at radius 1 is 1.38 bits per heavy atom. The van der Waals surface area contributed by atoms with Crippen LogP contribution in [0, 0.1) is 0 Å². The van der Waals surface area contributed by atoms with Gasteiger partial charge in [-0.2, -0.15) is 9.78 Å². The molecule has 0 saturated carbocycles. The Morgan fingerprint density at radius 3 is 2.90 bits per heavy atom. The molecule has 110 valence electrons. The van der Waals surface area contributed by atoms with Gasteiger partial charge < -0.3 is 10.1 Å². The third kappa shape index (κ3) is 3.09. The van der Waals surface area contributed by atoms with Crippen molar-refractivity contribution in [3.8, 4) is 5.69 Å². The molecule has 2 heterocycles. The van der Waals surface area contributed by atoms with Gasteiger partial charge >= 0.3 is 0 Å². The number of benzene rings is 1. The number of halogens is 1. The molecule has 1 aromatic heterocycles. The van der Waals surface area contributed by atoms with Crippen LogP contribution in [0.5, 0.6) is 0 Å². The number of rotatable bonds is 4. The van der Waals surface area contributed by atoms with Crippen molar-refractivity contribution in [1.29, 1.82) is 0 Å². The Labute approximate surface area is 127 Å². The van der Waals surface area contributed by atoms with Crippen LogP contribution < -0.4 is 10.9 Å². The number of nitrogens with one attached hydrogen (secondary N) is 1. The van der Waals surface area contributed by atoms with E-state index in [-0.39, 0.29) is 16.7 Å². The Morgan fingerprint density at radius 2 is 2.19 bits per heavy atom. The van der Waals surface area contributed by atoms with Gasteiger partial charge in [0.05, 0.1) is 23.7 Å². The molecule has 2 aromatic rings. The van der Waals surface area contributed by atoms with Crippen LogP contribution >= 0.6 is 11.6 Å². The van der Waals surface area contributed by atoms with E-state index in [0.29, 0.717) is 17.9 Å². The summed E-state index contributed by atoms with van der Waals surface area (Å²) in [7, 11) is 0. The van der Waals surface area contributed by atoms with E-state index in [2.05, 4.69) is 10.4 Å². The molecule has 1 aromatic carbocycles. The van der Waals surface area contributed by atoms with Gasteiger partial charge in [-0.3, -0.25) is 4.79 Å². The number of anilines is 1. The third-order valence-electron chi connectivity index (χ3n) is 3.46. The Bertz CT molecular complexity index is 666. The first-order chi connectivity index (χ1) is 10.3. The lowest BCUT2D eigenvalue weighted by molar-refractivity contribution is 0.120. The molecule has 1 aliphatic rings. The predicted octanol–water partition coefficient (Wildman–Crippen LogP) is 2.48. The average molecular weight is 306 g/mol. The van der Waals surface area contributed by atoms with Crippen molar-refractivity contribution in [3.63, 3.8) is 0 Å². The van der Waals surface area contributed by atoms with E-state index in [9.17, 15) is 4.79 Å². The molecule has 1 atom stereocenters. The van der Waals surface area contributed by atoms with E-state index in [4.69, 9.17) is 16.3 Å². The van der Waals surface area contributed by atoms with Gasteiger partial charge in [0.25, 0.3) is 5.56 Å². The summed E-state index contributed by atoms with van der Waals surface area (Å²) >= 11 is 6.16. The summed E-state index contributed by atoms with van der Waals surface area (Å²) in [5.41, 5.74) is 0.902. The van der Waals surface area contributed by atoms with Crippen molar-refractivity contribution in [2.45, 2.75) is 18.9 Å². The number of para-hydroxylation sites is 1. The summed E-state index contributed by atoms with van der Waals surface area (Å²) < 4.78 is 6.82. The Hall–Kier alpha value is -1.85. The zero-order chi connectivity index (χ0) is 14.7. The van der Waals surface area contributed by atoms with Crippen LogP contribution in [0.2, 0.25) is 5.02 Å². The van der Waals surface area contributed by atoms with Crippen LogP contribution in [0.15, 0.2) is 41.3 Å². The highest BCUT2D eigenvalue weighted by Crippen LogP contribution is 2.18. The maximum absolute atomic E-state index is 12.3. The molecular weight excluding hydrogens is 290 g/mol. The molecule has 0 spiro atoms. The van der Waals surface area contributed by atoms with E-state index in [1.807, 2.05) is 30.3 Å². The molecule has 0 bridgehead atoms. The van der Waals surface area contributed by atoms with Crippen LogP contribution in [0.1, 0.15) is 12.8 Å². The zero-order valence-electron chi connectivity index (χ0n) is 11.5. The SMILES string of the molecule is O=c1c(Cl)c(NCC2CCCO2)cnn1-c1ccccc1. The fourth-order valence-corrected chi connectivity index (χ4v) is 2.53. The second-order valence-electron chi connectivity index (χ2n) is 4.94. The van der Waals surface area contributed by atoms with Crippen molar-refractivity contribution >= 4 is 17.3 Å². The third-order valence-corrected chi connectivity index (χ3v) is 3.83.